The molecule has 0 N–H and O–H groups in total. The molecule has 1 rings (SSSR count). The maximum absolute atomic E-state index is 6.44. The molecule has 0 saturated heterocycles. The van der Waals surface area contributed by atoms with E-state index in [9.17, 15) is 0 Å². The second kappa shape index (κ2) is 7.37. The first-order valence-electron chi connectivity index (χ1n) is 6.05. The number of aliphatic imine (C=N–C) groups is 1. The number of benzene rings is 1. The Balaban J connectivity index is 3.07. The molecule has 0 aliphatic carbocycles. The third-order valence-corrected chi connectivity index (χ3v) is 3.41. The van der Waals surface area contributed by atoms with Crippen molar-refractivity contribution in [3.8, 4) is 0 Å². The van der Waals surface area contributed by atoms with Crippen LogP contribution in [0.1, 0.15) is 32.3 Å². The summed E-state index contributed by atoms with van der Waals surface area (Å²) in [5, 5.41) is 0. The molecule has 0 fully saturated rings. The zero-order valence-electron chi connectivity index (χ0n) is 10.7. The standard InChI is InChI=1S/C14H18Cl3N/c1-11(2)18-13(12-7-4-3-5-8-12)14(16,17)9-6-10-15/h3-5,7-8,11H,6,9-10H2,1-2H3. The number of nitrogens with zero attached hydrogens (tertiary/aromatic N) is 1. The average molecular weight is 307 g/mol. The van der Waals surface area contributed by atoms with E-state index in [-0.39, 0.29) is 6.04 Å². The van der Waals surface area contributed by atoms with Crippen molar-refractivity contribution in [3.05, 3.63) is 35.9 Å². The topological polar surface area (TPSA) is 12.4 Å². The van der Waals surface area contributed by atoms with Gasteiger partial charge in [0.2, 0.25) is 0 Å². The number of halogens is 3. The normalized spacial score (nSPS) is 13.1. The summed E-state index contributed by atoms with van der Waals surface area (Å²) in [6.45, 7) is 4.02. The molecule has 0 heterocycles. The predicted octanol–water partition coefficient (Wildman–Crippen LogP) is 5.08. The lowest BCUT2D eigenvalue weighted by Gasteiger charge is -2.23. The fraction of sp³-hybridized carbons (Fsp3) is 0.500. The summed E-state index contributed by atoms with van der Waals surface area (Å²) in [5.41, 5.74) is 1.69. The molecule has 0 saturated carbocycles. The SMILES string of the molecule is CC(C)N=C(c1ccccc1)C(Cl)(Cl)CCCCl. The average Bonchev–Trinajstić information content (AvgIpc) is 2.34. The van der Waals surface area contributed by atoms with E-state index >= 15 is 0 Å². The minimum absolute atomic E-state index is 0.146. The summed E-state index contributed by atoms with van der Waals surface area (Å²) in [6, 6.07) is 9.96. The van der Waals surface area contributed by atoms with Crippen molar-refractivity contribution in [1.29, 1.82) is 0 Å². The largest absolute Gasteiger partial charge is 0.283 e. The van der Waals surface area contributed by atoms with Crippen molar-refractivity contribution in [2.24, 2.45) is 4.99 Å². The highest BCUT2D eigenvalue weighted by molar-refractivity contribution is 6.60. The van der Waals surface area contributed by atoms with Crippen LogP contribution in [0.4, 0.5) is 0 Å². The Bertz CT molecular complexity index is 385. The van der Waals surface area contributed by atoms with Gasteiger partial charge in [-0.1, -0.05) is 53.5 Å². The molecule has 0 atom stereocenters. The molecule has 0 aromatic heterocycles. The van der Waals surface area contributed by atoms with Crippen LogP contribution in [-0.2, 0) is 0 Å². The van der Waals surface area contributed by atoms with E-state index in [4.69, 9.17) is 34.8 Å². The fourth-order valence-electron chi connectivity index (χ4n) is 1.64. The summed E-state index contributed by atoms with van der Waals surface area (Å²) in [6.07, 6.45) is 1.36. The van der Waals surface area contributed by atoms with Gasteiger partial charge in [-0.25, -0.2) is 0 Å². The Morgan fingerprint density at radius 2 is 1.83 bits per heavy atom. The highest BCUT2D eigenvalue weighted by Gasteiger charge is 2.31. The van der Waals surface area contributed by atoms with Crippen LogP contribution in [0.25, 0.3) is 0 Å². The Morgan fingerprint density at radius 1 is 1.22 bits per heavy atom. The number of alkyl halides is 3. The molecule has 0 aliphatic rings. The van der Waals surface area contributed by atoms with Crippen molar-refractivity contribution in [1.82, 2.24) is 0 Å². The van der Waals surface area contributed by atoms with Crippen LogP contribution in [0.5, 0.6) is 0 Å². The van der Waals surface area contributed by atoms with E-state index in [2.05, 4.69) is 4.99 Å². The monoisotopic (exact) mass is 305 g/mol. The highest BCUT2D eigenvalue weighted by atomic mass is 35.5. The van der Waals surface area contributed by atoms with Gasteiger partial charge >= 0.3 is 0 Å². The Hall–Kier alpha value is -0.240. The van der Waals surface area contributed by atoms with Crippen LogP contribution in [0.3, 0.4) is 0 Å². The molecule has 0 amide bonds. The van der Waals surface area contributed by atoms with Crippen LogP contribution in [0.15, 0.2) is 35.3 Å². The lowest BCUT2D eigenvalue weighted by atomic mass is 10.0. The number of hydrogen-bond donors (Lipinski definition) is 0. The van der Waals surface area contributed by atoms with Crippen molar-refractivity contribution >= 4 is 40.5 Å². The van der Waals surface area contributed by atoms with Gasteiger partial charge in [0.1, 0.15) is 0 Å². The summed E-state index contributed by atoms with van der Waals surface area (Å²) in [4.78, 5) is 4.58. The van der Waals surface area contributed by atoms with Gasteiger partial charge < -0.3 is 0 Å². The molecule has 100 valence electrons. The molecule has 0 aliphatic heterocycles. The molecular formula is C14H18Cl3N. The Labute approximate surface area is 124 Å². The fourth-order valence-corrected chi connectivity index (χ4v) is 2.36. The third kappa shape index (κ3) is 4.79. The minimum atomic E-state index is -0.986. The smallest absolute Gasteiger partial charge is 0.160 e. The molecule has 0 radical (unpaired) electrons. The highest BCUT2D eigenvalue weighted by Crippen LogP contribution is 2.32. The van der Waals surface area contributed by atoms with Crippen molar-refractivity contribution in [2.75, 3.05) is 5.88 Å². The van der Waals surface area contributed by atoms with Crippen molar-refractivity contribution < 1.29 is 0 Å². The molecular weight excluding hydrogens is 289 g/mol. The number of hydrogen-bond acceptors (Lipinski definition) is 1. The Morgan fingerprint density at radius 3 is 2.33 bits per heavy atom. The minimum Gasteiger partial charge on any atom is -0.283 e. The van der Waals surface area contributed by atoms with Crippen LogP contribution in [0.2, 0.25) is 0 Å². The van der Waals surface area contributed by atoms with E-state index in [0.29, 0.717) is 12.3 Å². The molecule has 1 aromatic rings. The lowest BCUT2D eigenvalue weighted by molar-refractivity contribution is 0.779. The Kier molecular flexibility index (Phi) is 6.48. The summed E-state index contributed by atoms with van der Waals surface area (Å²) in [7, 11) is 0. The molecule has 0 spiro atoms. The van der Waals surface area contributed by atoms with E-state index in [1.807, 2.05) is 44.2 Å². The second-order valence-corrected chi connectivity index (χ2v) is 6.30. The maximum atomic E-state index is 6.44. The number of rotatable bonds is 6. The molecule has 18 heavy (non-hydrogen) atoms. The first-order valence-corrected chi connectivity index (χ1v) is 7.34. The molecule has 4 heteroatoms. The van der Waals surface area contributed by atoms with E-state index in [1.165, 1.54) is 0 Å². The lowest BCUT2D eigenvalue weighted by Crippen LogP contribution is -2.28. The van der Waals surface area contributed by atoms with Crippen LogP contribution in [-0.4, -0.2) is 22.0 Å². The molecule has 1 nitrogen and oxygen atoms in total. The quantitative estimate of drug-likeness (QED) is 0.513. The predicted molar refractivity (Wildman–Crippen MR) is 82.5 cm³/mol. The van der Waals surface area contributed by atoms with Gasteiger partial charge in [-0.3, -0.25) is 4.99 Å². The van der Waals surface area contributed by atoms with Crippen molar-refractivity contribution in [3.63, 3.8) is 0 Å². The van der Waals surface area contributed by atoms with Gasteiger partial charge in [0, 0.05) is 11.9 Å². The second-order valence-electron chi connectivity index (χ2n) is 4.43. The maximum Gasteiger partial charge on any atom is 0.160 e. The van der Waals surface area contributed by atoms with Crippen LogP contribution < -0.4 is 0 Å². The first-order chi connectivity index (χ1) is 8.47. The van der Waals surface area contributed by atoms with Crippen LogP contribution in [0, 0.1) is 0 Å². The van der Waals surface area contributed by atoms with Gasteiger partial charge in [-0.2, -0.15) is 0 Å². The van der Waals surface area contributed by atoms with Gasteiger partial charge in [0.05, 0.1) is 5.71 Å². The van der Waals surface area contributed by atoms with E-state index < -0.39 is 4.33 Å². The van der Waals surface area contributed by atoms with Gasteiger partial charge in [0.15, 0.2) is 4.33 Å². The van der Waals surface area contributed by atoms with Gasteiger partial charge in [-0.15, -0.1) is 11.6 Å². The van der Waals surface area contributed by atoms with Gasteiger partial charge in [0.25, 0.3) is 0 Å². The first kappa shape index (κ1) is 15.8. The summed E-state index contributed by atoms with van der Waals surface area (Å²) >= 11 is 18.6. The van der Waals surface area contributed by atoms with E-state index in [0.717, 1.165) is 17.7 Å². The zero-order valence-corrected chi connectivity index (χ0v) is 12.9. The summed E-state index contributed by atoms with van der Waals surface area (Å²) in [5.74, 6) is 0.547. The van der Waals surface area contributed by atoms with E-state index in [1.54, 1.807) is 0 Å². The molecule has 0 unspecified atom stereocenters. The molecule has 0 bridgehead atoms. The van der Waals surface area contributed by atoms with Crippen LogP contribution >= 0.6 is 34.8 Å². The summed E-state index contributed by atoms with van der Waals surface area (Å²) < 4.78 is -0.986. The third-order valence-electron chi connectivity index (χ3n) is 2.41. The van der Waals surface area contributed by atoms with Gasteiger partial charge in [-0.05, 0) is 32.3 Å². The zero-order chi connectivity index (χ0) is 13.6. The molecule has 1 aromatic carbocycles. The van der Waals surface area contributed by atoms with Crippen molar-refractivity contribution in [2.45, 2.75) is 37.1 Å².